The number of fused-ring (bicyclic) bond motifs is 2. The van der Waals surface area contributed by atoms with Crippen LogP contribution in [0.3, 0.4) is 0 Å². The van der Waals surface area contributed by atoms with Gasteiger partial charge in [-0.2, -0.15) is 0 Å². The van der Waals surface area contributed by atoms with Crippen LogP contribution >= 0.6 is 23.2 Å². The second-order valence-corrected chi connectivity index (χ2v) is 8.40. The molecule has 0 aliphatic heterocycles. The molecule has 0 unspecified atom stereocenters. The van der Waals surface area contributed by atoms with Crippen LogP contribution in [0.1, 0.15) is 11.1 Å². The van der Waals surface area contributed by atoms with Crippen LogP contribution in [0.5, 0.6) is 5.75 Å². The molecule has 3 aromatic carbocycles. The molecule has 0 amide bonds. The molecule has 7 heteroatoms. The van der Waals surface area contributed by atoms with E-state index in [2.05, 4.69) is 0 Å². The van der Waals surface area contributed by atoms with Crippen LogP contribution in [-0.4, -0.2) is 0 Å². The zero-order valence-electron chi connectivity index (χ0n) is 17.4. The maximum atomic E-state index is 12.7. The van der Waals surface area contributed by atoms with Crippen molar-refractivity contribution in [2.24, 2.45) is 0 Å². The van der Waals surface area contributed by atoms with Gasteiger partial charge in [0, 0.05) is 43.6 Å². The molecule has 0 radical (unpaired) electrons. The Bertz CT molecular complexity index is 1650. The smallest absolute Gasteiger partial charge is 0.344 e. The predicted octanol–water partition coefficient (Wildman–Crippen LogP) is 6.76. The number of ether oxygens (including phenoxy) is 1. The van der Waals surface area contributed by atoms with E-state index in [-0.39, 0.29) is 12.2 Å². The average molecular weight is 479 g/mol. The number of aryl methyl sites for hydroxylation is 1. The number of halogens is 2. The monoisotopic (exact) mass is 478 g/mol. The van der Waals surface area contributed by atoms with Crippen molar-refractivity contribution in [1.29, 1.82) is 0 Å². The van der Waals surface area contributed by atoms with Crippen LogP contribution in [0.15, 0.2) is 85.2 Å². The van der Waals surface area contributed by atoms with Crippen molar-refractivity contribution in [1.82, 2.24) is 0 Å². The molecule has 0 aliphatic rings. The van der Waals surface area contributed by atoms with E-state index >= 15 is 0 Å². The Balaban J connectivity index is 1.60. The summed E-state index contributed by atoms with van der Waals surface area (Å²) in [5, 5.41) is 2.40. The zero-order chi connectivity index (χ0) is 23.1. The van der Waals surface area contributed by atoms with Crippen LogP contribution in [0.4, 0.5) is 0 Å². The quantitative estimate of drug-likeness (QED) is 0.267. The van der Waals surface area contributed by atoms with E-state index in [9.17, 15) is 9.59 Å². The summed E-state index contributed by atoms with van der Waals surface area (Å²) in [6, 6.07) is 18.9. The van der Waals surface area contributed by atoms with Crippen LogP contribution in [0.25, 0.3) is 33.1 Å². The first-order chi connectivity index (χ1) is 15.9. The lowest BCUT2D eigenvalue weighted by molar-refractivity contribution is 0.304. The molecule has 0 saturated carbocycles. The Morgan fingerprint density at radius 3 is 2.52 bits per heavy atom. The van der Waals surface area contributed by atoms with E-state index in [1.54, 1.807) is 55.5 Å². The van der Waals surface area contributed by atoms with Gasteiger partial charge in [-0.1, -0.05) is 47.5 Å². The lowest BCUT2D eigenvalue weighted by Crippen LogP contribution is -2.07. The third kappa shape index (κ3) is 4.01. The largest absolute Gasteiger partial charge is 0.488 e. The Morgan fingerprint density at radius 2 is 1.70 bits per heavy atom. The summed E-state index contributed by atoms with van der Waals surface area (Å²) >= 11 is 12.2. The maximum Gasteiger partial charge on any atom is 0.344 e. The zero-order valence-corrected chi connectivity index (χ0v) is 18.9. The molecule has 0 atom stereocenters. The van der Waals surface area contributed by atoms with E-state index in [4.69, 9.17) is 36.8 Å². The molecule has 5 rings (SSSR count). The van der Waals surface area contributed by atoms with E-state index in [1.807, 2.05) is 12.1 Å². The van der Waals surface area contributed by atoms with E-state index in [1.165, 1.54) is 6.07 Å². The molecule has 33 heavy (non-hydrogen) atoms. The Kier molecular flexibility index (Phi) is 5.44. The van der Waals surface area contributed by atoms with Crippen molar-refractivity contribution >= 4 is 45.1 Å². The summed E-state index contributed by atoms with van der Waals surface area (Å²) in [4.78, 5) is 25.1. The molecule has 2 aromatic heterocycles. The molecule has 5 aromatic rings. The Morgan fingerprint density at radius 1 is 0.879 bits per heavy atom. The summed E-state index contributed by atoms with van der Waals surface area (Å²) in [5.41, 5.74) is 1.83. The van der Waals surface area contributed by atoms with Crippen molar-refractivity contribution in [3.63, 3.8) is 0 Å². The van der Waals surface area contributed by atoms with Gasteiger partial charge in [0.15, 0.2) is 0 Å². The molecule has 0 N–H and O–H groups in total. The van der Waals surface area contributed by atoms with Gasteiger partial charge >= 0.3 is 11.3 Å². The number of rotatable bonds is 4. The predicted molar refractivity (Wildman–Crippen MR) is 129 cm³/mol. The van der Waals surface area contributed by atoms with Gasteiger partial charge in [-0.3, -0.25) is 0 Å². The normalized spacial score (nSPS) is 11.2. The van der Waals surface area contributed by atoms with Gasteiger partial charge in [-0.05, 0) is 43.3 Å². The molecule has 5 nitrogen and oxygen atoms in total. The first kappa shape index (κ1) is 21.3. The van der Waals surface area contributed by atoms with Crippen LogP contribution in [-0.2, 0) is 6.61 Å². The molecular formula is C26H16Cl2O5. The number of para-hydroxylation sites is 1. The first-order valence-corrected chi connectivity index (χ1v) is 10.8. The fourth-order valence-corrected chi connectivity index (χ4v) is 4.23. The Labute approximate surface area is 197 Å². The number of hydrogen-bond acceptors (Lipinski definition) is 5. The van der Waals surface area contributed by atoms with Crippen molar-refractivity contribution < 1.29 is 13.6 Å². The van der Waals surface area contributed by atoms with Crippen molar-refractivity contribution in [3.05, 3.63) is 109 Å². The second-order valence-electron chi connectivity index (χ2n) is 7.55. The first-order valence-electron chi connectivity index (χ1n) is 10.1. The van der Waals surface area contributed by atoms with Crippen LogP contribution < -0.4 is 16.0 Å². The fraction of sp³-hybridized carbons (Fsp3) is 0.0769. The van der Waals surface area contributed by atoms with Crippen molar-refractivity contribution in [2.75, 3.05) is 0 Å². The molecule has 0 aliphatic carbocycles. The fourth-order valence-electron chi connectivity index (χ4n) is 3.77. The molecular weight excluding hydrogens is 463 g/mol. The SMILES string of the molecule is Cc1c(OCc2ccc(Cl)cc2Cl)ccc2c(-c3cc4ccccc4oc3=O)cc(=O)oc12. The van der Waals surface area contributed by atoms with E-state index in [0.717, 1.165) is 10.9 Å². The number of hydrogen-bond donors (Lipinski definition) is 0. The van der Waals surface area contributed by atoms with Gasteiger partial charge in [0.05, 0.1) is 5.56 Å². The highest BCUT2D eigenvalue weighted by Crippen LogP contribution is 2.33. The van der Waals surface area contributed by atoms with Gasteiger partial charge in [0.25, 0.3) is 0 Å². The summed E-state index contributed by atoms with van der Waals surface area (Å²) in [5.74, 6) is 0.527. The van der Waals surface area contributed by atoms with E-state index in [0.29, 0.717) is 43.5 Å². The third-order valence-corrected chi connectivity index (χ3v) is 6.03. The van der Waals surface area contributed by atoms with Gasteiger partial charge < -0.3 is 13.6 Å². The van der Waals surface area contributed by atoms with Gasteiger partial charge in [0.1, 0.15) is 23.5 Å². The summed E-state index contributed by atoms with van der Waals surface area (Å²) in [7, 11) is 0. The Hall–Kier alpha value is -3.54. The molecule has 0 fully saturated rings. The molecule has 0 spiro atoms. The van der Waals surface area contributed by atoms with Gasteiger partial charge in [-0.25, -0.2) is 9.59 Å². The number of benzene rings is 3. The minimum atomic E-state index is -0.578. The molecule has 0 saturated heterocycles. The van der Waals surface area contributed by atoms with Crippen LogP contribution in [0, 0.1) is 6.92 Å². The highest BCUT2D eigenvalue weighted by atomic mass is 35.5. The lowest BCUT2D eigenvalue weighted by atomic mass is 10.0. The van der Waals surface area contributed by atoms with E-state index < -0.39 is 11.3 Å². The van der Waals surface area contributed by atoms with Gasteiger partial charge in [0.2, 0.25) is 0 Å². The molecule has 0 bridgehead atoms. The molecule has 2 heterocycles. The minimum Gasteiger partial charge on any atom is -0.488 e. The molecule has 164 valence electrons. The highest BCUT2D eigenvalue weighted by molar-refractivity contribution is 6.35. The van der Waals surface area contributed by atoms with Crippen LogP contribution in [0.2, 0.25) is 10.0 Å². The van der Waals surface area contributed by atoms with Crippen molar-refractivity contribution in [2.45, 2.75) is 13.5 Å². The lowest BCUT2D eigenvalue weighted by Gasteiger charge is -2.13. The van der Waals surface area contributed by atoms with Crippen molar-refractivity contribution in [3.8, 4) is 16.9 Å². The van der Waals surface area contributed by atoms with Gasteiger partial charge in [-0.15, -0.1) is 0 Å². The summed E-state index contributed by atoms with van der Waals surface area (Å²) in [6.07, 6.45) is 0. The third-order valence-electron chi connectivity index (χ3n) is 5.44. The highest BCUT2D eigenvalue weighted by Gasteiger charge is 2.17. The summed E-state index contributed by atoms with van der Waals surface area (Å²) in [6.45, 7) is 2.00. The maximum absolute atomic E-state index is 12.7. The average Bonchev–Trinajstić information content (AvgIpc) is 2.79. The standard InChI is InChI=1S/C26H16Cl2O5/c1-14-22(31-13-16-6-7-17(27)11-21(16)28)9-8-18-19(12-24(29)33-25(14)18)20-10-15-4-2-3-5-23(15)32-26(20)30/h2-12H,13H2,1H3. The minimum absolute atomic E-state index is 0.209. The topological polar surface area (TPSA) is 69.7 Å². The summed E-state index contributed by atoms with van der Waals surface area (Å²) < 4.78 is 16.9. The second kappa shape index (κ2) is 8.43.